The van der Waals surface area contributed by atoms with Crippen LogP contribution in [0, 0.1) is 11.8 Å². The van der Waals surface area contributed by atoms with Crippen molar-refractivity contribution in [3.05, 3.63) is 63.4 Å². The van der Waals surface area contributed by atoms with E-state index in [0.717, 1.165) is 21.3 Å². The van der Waals surface area contributed by atoms with E-state index < -0.39 is 11.4 Å². The molecule has 3 nitrogen and oxygen atoms in total. The van der Waals surface area contributed by atoms with Crippen molar-refractivity contribution in [2.75, 3.05) is 0 Å². The molecule has 0 aliphatic carbocycles. The Morgan fingerprint density at radius 1 is 1.25 bits per heavy atom. The second kappa shape index (κ2) is 8.81. The number of carboxylic acids is 1. The third-order valence-corrected chi connectivity index (χ3v) is 6.75. The minimum Gasteiger partial charge on any atom is -0.489 e. The van der Waals surface area contributed by atoms with Crippen molar-refractivity contribution in [3.63, 3.8) is 0 Å². The van der Waals surface area contributed by atoms with E-state index in [1.54, 1.807) is 18.3 Å². The highest BCUT2D eigenvalue weighted by atomic mass is 79.9. The third-order valence-electron chi connectivity index (χ3n) is 4.82. The number of benzene rings is 2. The van der Waals surface area contributed by atoms with Crippen LogP contribution in [-0.2, 0) is 16.8 Å². The lowest BCUT2D eigenvalue weighted by molar-refractivity contribution is -0.138. The first-order valence-corrected chi connectivity index (χ1v) is 10.7. The van der Waals surface area contributed by atoms with Crippen LogP contribution in [0.5, 0.6) is 5.75 Å². The first-order chi connectivity index (χ1) is 13.5. The highest BCUT2D eigenvalue weighted by molar-refractivity contribution is 9.10. The van der Waals surface area contributed by atoms with Gasteiger partial charge in [0.1, 0.15) is 12.4 Å². The maximum absolute atomic E-state index is 11.4. The number of hydrogen-bond acceptors (Lipinski definition) is 3. The van der Waals surface area contributed by atoms with Crippen LogP contribution in [0.1, 0.15) is 37.8 Å². The lowest BCUT2D eigenvalue weighted by atomic mass is 9.76. The zero-order valence-corrected chi connectivity index (χ0v) is 18.2. The maximum Gasteiger partial charge on any atom is 0.305 e. The molecule has 0 saturated carbocycles. The minimum absolute atomic E-state index is 0.0138. The van der Waals surface area contributed by atoms with Crippen LogP contribution >= 0.6 is 27.3 Å². The van der Waals surface area contributed by atoms with Gasteiger partial charge in [0.05, 0.1) is 11.8 Å². The van der Waals surface area contributed by atoms with Crippen LogP contribution in [-0.4, -0.2) is 11.1 Å². The van der Waals surface area contributed by atoms with Crippen molar-refractivity contribution in [3.8, 4) is 17.6 Å². The second-order valence-electron chi connectivity index (χ2n) is 6.61. The Hall–Kier alpha value is -2.29. The molecular formula is C23H21BrO3S. The Morgan fingerprint density at radius 2 is 2.00 bits per heavy atom. The number of aliphatic carboxylic acids is 1. The Morgan fingerprint density at radius 3 is 2.64 bits per heavy atom. The summed E-state index contributed by atoms with van der Waals surface area (Å²) in [5.74, 6) is 5.91. The average molecular weight is 457 g/mol. The standard InChI is InChI=1S/C23H21BrO3S/c1-3-11-23(4-2,13-22(25)26)17-6-8-18(9-7-17)27-14-16-5-10-21-19(12-16)20(24)15-28-21/h5-10,12,15H,4,13-14H2,1-2H3,(H,25,26). The number of rotatable bonds is 7. The SMILES string of the molecule is CC#CC(CC)(CC(=O)O)c1ccc(OCc2ccc3scc(Br)c3c2)cc1. The molecule has 1 unspecified atom stereocenters. The van der Waals surface area contributed by atoms with E-state index in [2.05, 4.69) is 51.3 Å². The predicted octanol–water partition coefficient (Wildman–Crippen LogP) is 6.39. The molecule has 3 rings (SSSR count). The van der Waals surface area contributed by atoms with Crippen molar-refractivity contribution in [1.82, 2.24) is 0 Å². The fourth-order valence-corrected chi connectivity index (χ4v) is 4.84. The van der Waals surface area contributed by atoms with E-state index in [-0.39, 0.29) is 6.42 Å². The molecule has 0 aliphatic rings. The summed E-state index contributed by atoms with van der Waals surface area (Å²) < 4.78 is 8.28. The molecule has 0 saturated heterocycles. The van der Waals surface area contributed by atoms with Gasteiger partial charge in [0.2, 0.25) is 0 Å². The molecule has 0 radical (unpaired) electrons. The second-order valence-corrected chi connectivity index (χ2v) is 8.37. The van der Waals surface area contributed by atoms with E-state index in [0.29, 0.717) is 13.0 Å². The van der Waals surface area contributed by atoms with E-state index in [1.165, 1.54) is 10.1 Å². The molecule has 1 atom stereocenters. The number of carbonyl (C=O) groups is 1. The fraction of sp³-hybridized carbons (Fsp3) is 0.261. The normalized spacial score (nSPS) is 12.8. The average Bonchev–Trinajstić information content (AvgIpc) is 3.06. The molecule has 0 amide bonds. The molecular weight excluding hydrogens is 436 g/mol. The predicted molar refractivity (Wildman–Crippen MR) is 118 cm³/mol. The molecule has 0 fully saturated rings. The molecule has 3 aromatic rings. The van der Waals surface area contributed by atoms with Gasteiger partial charge in [-0.05, 0) is 64.7 Å². The highest BCUT2D eigenvalue weighted by Crippen LogP contribution is 2.33. The largest absolute Gasteiger partial charge is 0.489 e. The number of thiophene rings is 1. The summed E-state index contributed by atoms with van der Waals surface area (Å²) in [6.45, 7) is 4.18. The van der Waals surface area contributed by atoms with Gasteiger partial charge < -0.3 is 9.84 Å². The van der Waals surface area contributed by atoms with Crippen LogP contribution in [0.4, 0.5) is 0 Å². The molecule has 0 bridgehead atoms. The number of carboxylic acid groups (broad SMARTS) is 1. The van der Waals surface area contributed by atoms with E-state index in [4.69, 9.17) is 4.74 Å². The molecule has 1 N–H and O–H groups in total. The summed E-state index contributed by atoms with van der Waals surface area (Å²) >= 11 is 5.29. The monoisotopic (exact) mass is 456 g/mol. The maximum atomic E-state index is 11.4. The van der Waals surface area contributed by atoms with Gasteiger partial charge in [-0.1, -0.05) is 31.0 Å². The Labute approximate surface area is 177 Å². The lowest BCUT2D eigenvalue weighted by Crippen LogP contribution is -2.27. The van der Waals surface area contributed by atoms with Crippen LogP contribution in [0.25, 0.3) is 10.1 Å². The number of hydrogen-bond donors (Lipinski definition) is 1. The van der Waals surface area contributed by atoms with Crippen molar-refractivity contribution in [2.45, 2.75) is 38.7 Å². The zero-order valence-electron chi connectivity index (χ0n) is 15.8. The topological polar surface area (TPSA) is 46.5 Å². The zero-order chi connectivity index (χ0) is 20.1. The van der Waals surface area contributed by atoms with Crippen LogP contribution < -0.4 is 4.74 Å². The van der Waals surface area contributed by atoms with Crippen LogP contribution in [0.3, 0.4) is 0 Å². The van der Waals surface area contributed by atoms with E-state index >= 15 is 0 Å². The van der Waals surface area contributed by atoms with E-state index in [9.17, 15) is 9.90 Å². The number of fused-ring (bicyclic) bond motifs is 1. The first kappa shape index (κ1) is 20.4. The van der Waals surface area contributed by atoms with Gasteiger partial charge in [-0.15, -0.1) is 17.3 Å². The molecule has 2 aromatic carbocycles. The lowest BCUT2D eigenvalue weighted by Gasteiger charge is -2.26. The van der Waals surface area contributed by atoms with Crippen molar-refractivity contribution < 1.29 is 14.6 Å². The van der Waals surface area contributed by atoms with Crippen molar-refractivity contribution in [2.24, 2.45) is 0 Å². The number of halogens is 1. The molecule has 28 heavy (non-hydrogen) atoms. The third kappa shape index (κ3) is 4.40. The van der Waals surface area contributed by atoms with Gasteiger partial charge in [-0.2, -0.15) is 0 Å². The van der Waals surface area contributed by atoms with E-state index in [1.807, 2.05) is 31.2 Å². The molecule has 0 spiro atoms. The summed E-state index contributed by atoms with van der Waals surface area (Å²) in [5, 5.41) is 12.6. The summed E-state index contributed by atoms with van der Waals surface area (Å²) in [6.07, 6.45) is 0.621. The number of ether oxygens (including phenoxy) is 1. The van der Waals surface area contributed by atoms with Crippen LogP contribution in [0.2, 0.25) is 0 Å². The fourth-order valence-electron chi connectivity index (χ4n) is 3.31. The quantitative estimate of drug-likeness (QED) is 0.419. The summed E-state index contributed by atoms with van der Waals surface area (Å²) in [6, 6.07) is 13.9. The van der Waals surface area contributed by atoms with Gasteiger partial charge in [0.15, 0.2) is 0 Å². The smallest absolute Gasteiger partial charge is 0.305 e. The van der Waals surface area contributed by atoms with Gasteiger partial charge in [0.25, 0.3) is 0 Å². The Kier molecular flexibility index (Phi) is 6.43. The molecule has 1 heterocycles. The van der Waals surface area contributed by atoms with Crippen LogP contribution in [0.15, 0.2) is 52.3 Å². The van der Waals surface area contributed by atoms with Gasteiger partial charge in [-0.3, -0.25) is 4.79 Å². The highest BCUT2D eigenvalue weighted by Gasteiger charge is 2.31. The van der Waals surface area contributed by atoms with Gasteiger partial charge in [-0.25, -0.2) is 0 Å². The Bertz CT molecular complexity index is 1040. The summed E-state index contributed by atoms with van der Waals surface area (Å²) in [4.78, 5) is 11.4. The molecule has 144 valence electrons. The molecule has 1 aromatic heterocycles. The molecule has 0 aliphatic heterocycles. The van der Waals surface area contributed by atoms with Gasteiger partial charge >= 0.3 is 5.97 Å². The van der Waals surface area contributed by atoms with Crippen molar-refractivity contribution >= 4 is 43.3 Å². The Balaban J connectivity index is 1.76. The summed E-state index contributed by atoms with van der Waals surface area (Å²) in [5.41, 5.74) is 1.33. The minimum atomic E-state index is -0.847. The summed E-state index contributed by atoms with van der Waals surface area (Å²) in [7, 11) is 0. The first-order valence-electron chi connectivity index (χ1n) is 9.02. The van der Waals surface area contributed by atoms with Gasteiger partial charge in [0, 0.05) is 19.9 Å². The molecule has 5 heteroatoms. The van der Waals surface area contributed by atoms with Crippen molar-refractivity contribution in [1.29, 1.82) is 0 Å².